The molecule has 3 aromatic rings. The number of para-hydroxylation sites is 2. The first-order chi connectivity index (χ1) is 15.9. The minimum absolute atomic E-state index is 0.122. The zero-order chi connectivity index (χ0) is 23.0. The van der Waals surface area contributed by atoms with Crippen LogP contribution in [0.4, 0.5) is 17.1 Å². The topological polar surface area (TPSA) is 49.6 Å². The number of allylic oxidation sites excluding steroid dienone is 1. The Balaban J connectivity index is 1.74. The lowest BCUT2D eigenvalue weighted by atomic mass is 9.75. The van der Waals surface area contributed by atoms with E-state index in [4.69, 9.17) is 0 Å². The molecule has 0 radical (unpaired) electrons. The van der Waals surface area contributed by atoms with Gasteiger partial charge in [-0.25, -0.2) is 0 Å². The molecule has 0 aromatic heterocycles. The van der Waals surface area contributed by atoms with E-state index in [-0.39, 0.29) is 22.2 Å². The van der Waals surface area contributed by atoms with Gasteiger partial charge in [0.05, 0.1) is 4.92 Å². The predicted octanol–water partition coefficient (Wildman–Crippen LogP) is 7.08. The van der Waals surface area contributed by atoms with Crippen LogP contribution in [0.2, 0.25) is 0 Å². The maximum Gasteiger partial charge on any atom is 0.269 e. The zero-order valence-corrected chi connectivity index (χ0v) is 19.1. The van der Waals surface area contributed by atoms with Gasteiger partial charge in [0, 0.05) is 41.3 Å². The maximum atomic E-state index is 11.6. The van der Waals surface area contributed by atoms with Crippen LogP contribution in [0.15, 0.2) is 96.2 Å². The number of non-ortho nitro benzene ring substituents is 1. The number of nitro benzene ring substituents is 1. The summed E-state index contributed by atoms with van der Waals surface area (Å²) in [4.78, 5) is 16.1. The smallest absolute Gasteiger partial charge is 0.269 e. The van der Waals surface area contributed by atoms with Crippen LogP contribution >= 0.6 is 0 Å². The van der Waals surface area contributed by atoms with Gasteiger partial charge in [0.25, 0.3) is 5.69 Å². The molecule has 0 bridgehead atoms. The maximum absolute atomic E-state index is 11.6. The summed E-state index contributed by atoms with van der Waals surface area (Å²) in [6.45, 7) is 5.50. The second-order valence-electron chi connectivity index (χ2n) is 9.79. The molecular weight excluding hydrogens is 410 g/mol. The van der Waals surface area contributed by atoms with Gasteiger partial charge in [-0.15, -0.1) is 0 Å². The molecule has 168 valence electrons. The monoisotopic (exact) mass is 439 g/mol. The van der Waals surface area contributed by atoms with Crippen LogP contribution < -0.4 is 9.80 Å². The summed E-state index contributed by atoms with van der Waals surface area (Å²) < 4.78 is 0. The molecule has 33 heavy (non-hydrogen) atoms. The van der Waals surface area contributed by atoms with Crippen molar-refractivity contribution in [3.63, 3.8) is 0 Å². The SMILES string of the molecule is CC1(C)CCC2=C(C1)N(c1ccccc1)C(c1cccc([N+](=O)[O-])c1)N(c1ccccc1)C2. The molecule has 0 spiro atoms. The molecule has 1 aliphatic heterocycles. The van der Waals surface area contributed by atoms with E-state index < -0.39 is 0 Å². The van der Waals surface area contributed by atoms with Crippen LogP contribution in [0.5, 0.6) is 0 Å². The number of nitrogens with zero attached hydrogens (tertiary/aromatic N) is 3. The van der Waals surface area contributed by atoms with Gasteiger partial charge < -0.3 is 9.80 Å². The Hall–Kier alpha value is -3.60. The number of anilines is 2. The van der Waals surface area contributed by atoms with Gasteiger partial charge in [-0.05, 0) is 54.5 Å². The lowest BCUT2D eigenvalue weighted by Crippen LogP contribution is -2.49. The third-order valence-electron chi connectivity index (χ3n) is 6.85. The second-order valence-corrected chi connectivity index (χ2v) is 9.79. The van der Waals surface area contributed by atoms with Crippen molar-refractivity contribution in [3.8, 4) is 0 Å². The third kappa shape index (κ3) is 4.11. The molecule has 5 nitrogen and oxygen atoms in total. The highest BCUT2D eigenvalue weighted by Crippen LogP contribution is 2.49. The van der Waals surface area contributed by atoms with E-state index in [0.29, 0.717) is 0 Å². The number of rotatable bonds is 4. The molecule has 3 aromatic carbocycles. The highest BCUT2D eigenvalue weighted by Gasteiger charge is 2.40. The molecule has 1 unspecified atom stereocenters. The van der Waals surface area contributed by atoms with Crippen LogP contribution in [0.3, 0.4) is 0 Å². The Labute approximate surface area is 195 Å². The van der Waals surface area contributed by atoms with Gasteiger partial charge >= 0.3 is 0 Å². The minimum atomic E-state index is -0.305. The number of benzene rings is 3. The van der Waals surface area contributed by atoms with Gasteiger partial charge in [0.15, 0.2) is 0 Å². The molecule has 0 saturated carbocycles. The third-order valence-corrected chi connectivity index (χ3v) is 6.85. The Bertz CT molecular complexity index is 1190. The Kier molecular flexibility index (Phi) is 5.41. The van der Waals surface area contributed by atoms with Gasteiger partial charge in [0.2, 0.25) is 0 Å². The van der Waals surface area contributed by atoms with E-state index in [9.17, 15) is 10.1 Å². The Morgan fingerprint density at radius 2 is 1.58 bits per heavy atom. The van der Waals surface area contributed by atoms with Crippen molar-refractivity contribution in [2.45, 2.75) is 39.3 Å². The molecule has 2 aliphatic rings. The van der Waals surface area contributed by atoms with E-state index >= 15 is 0 Å². The van der Waals surface area contributed by atoms with Gasteiger partial charge in [-0.1, -0.05) is 62.4 Å². The summed E-state index contributed by atoms with van der Waals surface area (Å²) in [5.74, 6) is 0. The normalized spacial score (nSPS) is 19.9. The molecule has 5 heteroatoms. The molecule has 1 heterocycles. The number of hydrogen-bond acceptors (Lipinski definition) is 4. The van der Waals surface area contributed by atoms with Crippen molar-refractivity contribution in [3.05, 3.63) is 112 Å². The van der Waals surface area contributed by atoms with Crippen molar-refractivity contribution in [2.75, 3.05) is 16.3 Å². The van der Waals surface area contributed by atoms with Crippen LogP contribution in [0.25, 0.3) is 0 Å². The Morgan fingerprint density at radius 3 is 2.24 bits per heavy atom. The van der Waals surface area contributed by atoms with Gasteiger partial charge in [-0.3, -0.25) is 10.1 Å². The predicted molar refractivity (Wildman–Crippen MR) is 133 cm³/mol. The van der Waals surface area contributed by atoms with Crippen LogP contribution in [0.1, 0.15) is 44.8 Å². The highest BCUT2D eigenvalue weighted by atomic mass is 16.6. The highest BCUT2D eigenvalue weighted by molar-refractivity contribution is 5.64. The van der Waals surface area contributed by atoms with Crippen molar-refractivity contribution >= 4 is 17.1 Å². The average Bonchev–Trinajstić information content (AvgIpc) is 2.83. The quantitative estimate of drug-likeness (QED) is 0.322. The molecular formula is C28H29N3O2. The molecule has 1 aliphatic carbocycles. The zero-order valence-electron chi connectivity index (χ0n) is 19.1. The summed E-state index contributed by atoms with van der Waals surface area (Å²) in [6, 6.07) is 28.0. The van der Waals surface area contributed by atoms with Gasteiger partial charge in [0.1, 0.15) is 6.17 Å². The van der Waals surface area contributed by atoms with Crippen molar-refractivity contribution in [1.29, 1.82) is 0 Å². The first-order valence-corrected chi connectivity index (χ1v) is 11.5. The fourth-order valence-corrected chi connectivity index (χ4v) is 5.17. The minimum Gasteiger partial charge on any atom is -0.343 e. The van der Waals surface area contributed by atoms with Crippen LogP contribution in [-0.2, 0) is 0 Å². The summed E-state index contributed by atoms with van der Waals surface area (Å²) >= 11 is 0. The standard InChI is InChI=1S/C28H29N3O2/c1-28(2)17-16-22-20-29(23-11-5-3-6-12-23)27(21-10-9-15-25(18-21)31(32)33)30(26(22)19-28)24-13-7-4-8-14-24/h3-15,18,27H,16-17,19-20H2,1-2H3. The molecule has 0 saturated heterocycles. The van der Waals surface area contributed by atoms with Crippen LogP contribution in [-0.4, -0.2) is 11.5 Å². The van der Waals surface area contributed by atoms with Crippen molar-refractivity contribution in [1.82, 2.24) is 0 Å². The van der Waals surface area contributed by atoms with Crippen molar-refractivity contribution < 1.29 is 4.92 Å². The fraction of sp³-hybridized carbons (Fsp3) is 0.286. The first kappa shape index (κ1) is 21.3. The van der Waals surface area contributed by atoms with E-state index in [1.165, 1.54) is 17.7 Å². The molecule has 1 atom stereocenters. The fourth-order valence-electron chi connectivity index (χ4n) is 5.17. The van der Waals surface area contributed by atoms with Gasteiger partial charge in [-0.2, -0.15) is 0 Å². The van der Waals surface area contributed by atoms with Crippen molar-refractivity contribution in [2.24, 2.45) is 5.41 Å². The molecule has 0 fully saturated rings. The number of nitro groups is 1. The van der Waals surface area contributed by atoms with E-state index in [1.54, 1.807) is 18.2 Å². The number of hydrogen-bond donors (Lipinski definition) is 0. The lowest BCUT2D eigenvalue weighted by Gasteiger charge is -2.51. The largest absolute Gasteiger partial charge is 0.343 e. The summed E-state index contributed by atoms with van der Waals surface area (Å²) in [5.41, 5.74) is 6.31. The van der Waals surface area contributed by atoms with E-state index in [0.717, 1.165) is 36.3 Å². The average molecular weight is 440 g/mol. The summed E-state index contributed by atoms with van der Waals surface area (Å²) in [6.07, 6.45) is 3.04. The summed E-state index contributed by atoms with van der Waals surface area (Å²) in [7, 11) is 0. The molecule has 5 rings (SSSR count). The van der Waals surface area contributed by atoms with E-state index in [2.05, 4.69) is 72.2 Å². The van der Waals surface area contributed by atoms with E-state index in [1.807, 2.05) is 18.2 Å². The second kappa shape index (κ2) is 8.39. The summed E-state index contributed by atoms with van der Waals surface area (Å²) in [5, 5.41) is 11.6. The molecule has 0 N–H and O–H groups in total. The van der Waals surface area contributed by atoms with Crippen LogP contribution in [0, 0.1) is 15.5 Å². The molecule has 0 amide bonds. The lowest BCUT2D eigenvalue weighted by molar-refractivity contribution is -0.384. The first-order valence-electron chi connectivity index (χ1n) is 11.5. The Morgan fingerprint density at radius 1 is 0.909 bits per heavy atom.